The van der Waals surface area contributed by atoms with E-state index < -0.39 is 28.9 Å². The summed E-state index contributed by atoms with van der Waals surface area (Å²) in [6.45, 7) is 1.64. The average molecular weight is 382 g/mol. The average Bonchev–Trinajstić information content (AvgIpc) is 2.61. The predicted octanol–water partition coefficient (Wildman–Crippen LogP) is 7.03. The molecule has 0 aromatic heterocycles. The highest BCUT2D eigenvalue weighted by molar-refractivity contribution is 5.75. The first kappa shape index (κ1) is 19.3. The second-order valence-electron chi connectivity index (χ2n) is 6.77. The highest BCUT2D eigenvalue weighted by Crippen LogP contribution is 2.42. The van der Waals surface area contributed by atoms with Crippen LogP contribution >= 0.6 is 0 Å². The molecular weight excluding hydrogens is 366 g/mol. The zero-order valence-corrected chi connectivity index (χ0v) is 14.3. The van der Waals surface area contributed by atoms with Crippen LogP contribution in [-0.2, 0) is 17.8 Å². The maximum Gasteiger partial charge on any atom is 0.416 e. The molecule has 0 N–H and O–H groups in total. The van der Waals surface area contributed by atoms with Crippen LogP contribution < -0.4 is 0 Å². The van der Waals surface area contributed by atoms with E-state index in [1.807, 2.05) is 36.4 Å². The maximum absolute atomic E-state index is 13.1. The highest BCUT2D eigenvalue weighted by atomic mass is 19.4. The molecule has 0 radical (unpaired) electrons. The van der Waals surface area contributed by atoms with Crippen LogP contribution in [-0.4, -0.2) is 0 Å². The Labute approximate surface area is 152 Å². The zero-order chi connectivity index (χ0) is 19.9. The molecule has 0 amide bonds. The summed E-state index contributed by atoms with van der Waals surface area (Å²) in [5.74, 6) is 0. The van der Waals surface area contributed by atoms with Gasteiger partial charge in [-0.3, -0.25) is 0 Å². The Bertz CT molecular complexity index is 855. The van der Waals surface area contributed by atoms with Crippen molar-refractivity contribution in [3.63, 3.8) is 0 Å². The van der Waals surface area contributed by atoms with Gasteiger partial charge in [0.25, 0.3) is 0 Å². The van der Waals surface area contributed by atoms with Gasteiger partial charge in [-0.1, -0.05) is 55.5 Å². The van der Waals surface area contributed by atoms with E-state index in [4.69, 9.17) is 0 Å². The number of allylic oxidation sites excluding steroid dienone is 4. The molecule has 0 heterocycles. The van der Waals surface area contributed by atoms with Crippen LogP contribution in [0.1, 0.15) is 35.6 Å². The third-order valence-electron chi connectivity index (χ3n) is 4.73. The van der Waals surface area contributed by atoms with Gasteiger partial charge in [0.2, 0.25) is 0 Å². The van der Waals surface area contributed by atoms with E-state index in [-0.39, 0.29) is 11.6 Å². The van der Waals surface area contributed by atoms with Crippen molar-refractivity contribution in [3.05, 3.63) is 89.0 Å². The number of hydrogen-bond donors (Lipinski definition) is 0. The Morgan fingerprint density at radius 3 is 1.81 bits per heavy atom. The van der Waals surface area contributed by atoms with E-state index in [9.17, 15) is 26.3 Å². The van der Waals surface area contributed by atoms with Crippen LogP contribution in [0.2, 0.25) is 0 Å². The highest BCUT2D eigenvalue weighted by Gasteiger charge is 2.39. The largest absolute Gasteiger partial charge is 0.416 e. The van der Waals surface area contributed by atoms with Crippen molar-refractivity contribution in [1.82, 2.24) is 0 Å². The Kier molecular flexibility index (Phi) is 4.70. The molecule has 27 heavy (non-hydrogen) atoms. The van der Waals surface area contributed by atoms with Crippen molar-refractivity contribution in [3.8, 4) is 0 Å². The SMILES string of the molecule is CC1(c2cc(C(F)(F)F)cc(C(F)(F)F)c2)C=CC(c2ccccc2)=CC1. The molecule has 0 nitrogen and oxygen atoms in total. The van der Waals surface area contributed by atoms with Gasteiger partial charge in [0.15, 0.2) is 0 Å². The lowest BCUT2D eigenvalue weighted by molar-refractivity contribution is -0.143. The topological polar surface area (TPSA) is 0 Å². The molecular formula is C21H16F6. The first-order chi connectivity index (χ1) is 12.5. The summed E-state index contributed by atoms with van der Waals surface area (Å²) in [5, 5.41) is 0. The molecule has 0 saturated heterocycles. The Hall–Kier alpha value is -2.50. The quantitative estimate of drug-likeness (QED) is 0.489. The van der Waals surface area contributed by atoms with Crippen molar-refractivity contribution in [1.29, 1.82) is 0 Å². The molecule has 0 aliphatic heterocycles. The van der Waals surface area contributed by atoms with E-state index in [1.165, 1.54) is 0 Å². The summed E-state index contributed by atoms with van der Waals surface area (Å²) in [6.07, 6.45) is -4.15. The Morgan fingerprint density at radius 1 is 0.815 bits per heavy atom. The minimum Gasteiger partial charge on any atom is -0.166 e. The van der Waals surface area contributed by atoms with E-state index in [2.05, 4.69) is 0 Å². The number of rotatable bonds is 2. The van der Waals surface area contributed by atoms with E-state index >= 15 is 0 Å². The third kappa shape index (κ3) is 4.10. The summed E-state index contributed by atoms with van der Waals surface area (Å²) in [4.78, 5) is 0. The van der Waals surface area contributed by atoms with Crippen LogP contribution in [0, 0.1) is 0 Å². The van der Waals surface area contributed by atoms with Crippen molar-refractivity contribution in [2.75, 3.05) is 0 Å². The number of hydrogen-bond acceptors (Lipinski definition) is 0. The van der Waals surface area contributed by atoms with Gasteiger partial charge < -0.3 is 0 Å². The van der Waals surface area contributed by atoms with Gasteiger partial charge in [0.05, 0.1) is 11.1 Å². The summed E-state index contributed by atoms with van der Waals surface area (Å²) < 4.78 is 78.7. The molecule has 0 spiro atoms. The van der Waals surface area contributed by atoms with Crippen LogP contribution in [0.25, 0.3) is 5.57 Å². The maximum atomic E-state index is 13.1. The molecule has 0 saturated carbocycles. The van der Waals surface area contributed by atoms with Crippen molar-refractivity contribution in [2.45, 2.75) is 31.1 Å². The van der Waals surface area contributed by atoms with Gasteiger partial charge in [-0.25, -0.2) is 0 Å². The standard InChI is InChI=1S/C21H16F6/c1-19(9-7-15(8-10-19)14-5-3-2-4-6-14)16-11-17(20(22,23)24)13-18(12-16)21(25,26)27/h2-9,11-13H,10H2,1H3. The van der Waals surface area contributed by atoms with Crippen LogP contribution in [0.5, 0.6) is 0 Å². The fourth-order valence-corrected chi connectivity index (χ4v) is 3.08. The zero-order valence-electron chi connectivity index (χ0n) is 14.3. The summed E-state index contributed by atoms with van der Waals surface area (Å²) in [7, 11) is 0. The first-order valence-electron chi connectivity index (χ1n) is 8.24. The normalized spacial score (nSPS) is 20.5. The summed E-state index contributed by atoms with van der Waals surface area (Å²) in [6, 6.07) is 11.1. The van der Waals surface area contributed by atoms with Crippen LogP contribution in [0.15, 0.2) is 66.8 Å². The molecule has 1 aliphatic carbocycles. The third-order valence-corrected chi connectivity index (χ3v) is 4.73. The van der Waals surface area contributed by atoms with E-state index in [0.29, 0.717) is 6.42 Å². The molecule has 3 rings (SSSR count). The molecule has 142 valence electrons. The van der Waals surface area contributed by atoms with Gasteiger partial charge in [0.1, 0.15) is 0 Å². The molecule has 2 aromatic carbocycles. The monoisotopic (exact) mass is 382 g/mol. The van der Waals surface area contributed by atoms with Gasteiger partial charge >= 0.3 is 12.4 Å². The number of benzene rings is 2. The van der Waals surface area contributed by atoms with Crippen molar-refractivity contribution < 1.29 is 26.3 Å². The molecule has 1 unspecified atom stereocenters. The van der Waals surface area contributed by atoms with E-state index in [1.54, 1.807) is 19.1 Å². The van der Waals surface area contributed by atoms with Crippen molar-refractivity contribution >= 4 is 5.57 Å². The minimum absolute atomic E-state index is 0.00994. The molecule has 0 fully saturated rings. The lowest BCUT2D eigenvalue weighted by Gasteiger charge is -2.30. The summed E-state index contributed by atoms with van der Waals surface area (Å²) >= 11 is 0. The first-order valence-corrected chi connectivity index (χ1v) is 8.24. The predicted molar refractivity (Wildman–Crippen MR) is 92.0 cm³/mol. The van der Waals surface area contributed by atoms with E-state index in [0.717, 1.165) is 23.3 Å². The molecule has 0 bridgehead atoms. The second kappa shape index (κ2) is 6.59. The lowest BCUT2D eigenvalue weighted by atomic mass is 9.74. The second-order valence-corrected chi connectivity index (χ2v) is 6.77. The van der Waals surface area contributed by atoms with Gasteiger partial charge in [0, 0.05) is 5.41 Å². The number of halogens is 6. The number of alkyl halides is 6. The Morgan fingerprint density at radius 2 is 1.37 bits per heavy atom. The molecule has 1 atom stereocenters. The van der Waals surface area contributed by atoms with Crippen LogP contribution in [0.4, 0.5) is 26.3 Å². The van der Waals surface area contributed by atoms with Gasteiger partial charge in [-0.05, 0) is 41.3 Å². The lowest BCUT2D eigenvalue weighted by Crippen LogP contribution is -2.23. The summed E-state index contributed by atoms with van der Waals surface area (Å²) in [5.41, 5.74) is -1.73. The minimum atomic E-state index is -4.85. The van der Waals surface area contributed by atoms with Gasteiger partial charge in [-0.2, -0.15) is 26.3 Å². The van der Waals surface area contributed by atoms with Gasteiger partial charge in [-0.15, -0.1) is 0 Å². The molecule has 2 aromatic rings. The fraction of sp³-hybridized carbons (Fsp3) is 0.238. The van der Waals surface area contributed by atoms with Crippen molar-refractivity contribution in [2.24, 2.45) is 0 Å². The van der Waals surface area contributed by atoms with Crippen LogP contribution in [0.3, 0.4) is 0 Å². The fourth-order valence-electron chi connectivity index (χ4n) is 3.08. The Balaban J connectivity index is 2.01. The molecule has 6 heteroatoms. The smallest absolute Gasteiger partial charge is 0.166 e. The molecule has 1 aliphatic rings.